The molecule has 2 rings (SSSR count). The van der Waals surface area contributed by atoms with Gasteiger partial charge in [0, 0.05) is 11.9 Å². The Kier molecular flexibility index (Phi) is 27.2. The number of carbonyl (C=O) groups is 4. The van der Waals surface area contributed by atoms with Crippen molar-refractivity contribution in [2.24, 2.45) is 0 Å². The van der Waals surface area contributed by atoms with E-state index in [1.807, 2.05) is 0 Å². The average molecular weight is 591 g/mol. The maximum absolute atomic E-state index is 10.4. The Morgan fingerprint density at radius 3 is 1.24 bits per heavy atom. The van der Waals surface area contributed by atoms with E-state index in [0.717, 1.165) is 0 Å². The fraction of sp³-hybridized carbons (Fsp3) is 0.273. The van der Waals surface area contributed by atoms with E-state index in [4.69, 9.17) is 10.2 Å². The van der Waals surface area contributed by atoms with Crippen molar-refractivity contribution < 1.29 is 164 Å². The van der Waals surface area contributed by atoms with Crippen LogP contribution < -0.4 is 124 Å². The SMILES string of the molecule is O.O.O=C([O-])CCc1cccc(NCC(=O)O)c1O.O=C([O-])CCc1cccc(NCC(=O)O)c1O.[K+].[K+]. The van der Waals surface area contributed by atoms with Crippen molar-refractivity contribution in [3.63, 3.8) is 0 Å². The number of aliphatic carboxylic acids is 4. The fourth-order valence-electron chi connectivity index (χ4n) is 2.69. The summed E-state index contributed by atoms with van der Waals surface area (Å²) in [6.07, 6.45) is -0.126. The molecule has 0 saturated heterocycles. The number of nitrogens with one attached hydrogen (secondary N) is 2. The molecule has 0 saturated carbocycles. The summed E-state index contributed by atoms with van der Waals surface area (Å²) in [6, 6.07) is 9.39. The number of carbonyl (C=O) groups excluding carboxylic acids is 2. The van der Waals surface area contributed by atoms with Crippen molar-refractivity contribution in [1.29, 1.82) is 0 Å². The van der Waals surface area contributed by atoms with E-state index in [-0.39, 0.29) is 175 Å². The van der Waals surface area contributed by atoms with Crippen LogP contribution in [0, 0.1) is 0 Å². The number of carboxylic acid groups (broad SMARTS) is 4. The molecule has 200 valence electrons. The molecule has 2 aromatic rings. The number of hydrogen-bond donors (Lipinski definition) is 6. The summed E-state index contributed by atoms with van der Waals surface area (Å²) in [5.74, 6) is -4.76. The largest absolute Gasteiger partial charge is 1.00 e. The fourth-order valence-corrected chi connectivity index (χ4v) is 2.69. The molecule has 0 spiro atoms. The molecule has 0 aliphatic carbocycles. The minimum Gasteiger partial charge on any atom is -0.550 e. The third-order valence-electron chi connectivity index (χ3n) is 4.30. The molecule has 0 unspecified atom stereocenters. The minimum atomic E-state index is -1.20. The Morgan fingerprint density at radius 1 is 0.658 bits per heavy atom. The van der Waals surface area contributed by atoms with E-state index in [2.05, 4.69) is 10.6 Å². The van der Waals surface area contributed by atoms with Crippen LogP contribution in [-0.4, -0.2) is 68.3 Å². The molecule has 0 bridgehead atoms. The normalized spacial score (nSPS) is 8.84. The Balaban J connectivity index is -0.000000275. The Labute approximate surface area is 302 Å². The van der Waals surface area contributed by atoms with E-state index >= 15 is 0 Å². The molecule has 2 aromatic carbocycles. The van der Waals surface area contributed by atoms with Crippen LogP contribution in [0.3, 0.4) is 0 Å². The van der Waals surface area contributed by atoms with Gasteiger partial charge in [-0.05, 0) is 48.9 Å². The standard InChI is InChI=1S/2C11H13NO5.2K.2H2O/c2*13-9(14)5-4-7-2-1-3-8(11(7)17)12-6-10(15)16;;;;/h2*1-3,12,17H,4-6H2,(H,13,14)(H,15,16);;;2*1H2/q;;2*+1;;/p-2. The van der Waals surface area contributed by atoms with Crippen LogP contribution >= 0.6 is 0 Å². The molecule has 0 radical (unpaired) electrons. The summed E-state index contributed by atoms with van der Waals surface area (Å²) >= 11 is 0. The molecule has 10 N–H and O–H groups in total. The van der Waals surface area contributed by atoms with Crippen molar-refractivity contribution in [3.8, 4) is 11.5 Å². The van der Waals surface area contributed by atoms with Gasteiger partial charge in [-0.3, -0.25) is 9.59 Å². The number of phenolic OH excluding ortho intramolecular Hbond substituents is 2. The number of benzene rings is 2. The second-order valence-corrected chi connectivity index (χ2v) is 6.87. The maximum Gasteiger partial charge on any atom is 1.00 e. The van der Waals surface area contributed by atoms with Crippen molar-refractivity contribution in [1.82, 2.24) is 0 Å². The molecule has 0 fully saturated rings. The number of carboxylic acids is 4. The second-order valence-electron chi connectivity index (χ2n) is 6.87. The summed E-state index contributed by atoms with van der Waals surface area (Å²) in [6.45, 7) is -0.644. The number of anilines is 2. The minimum absolute atomic E-state index is 0. The predicted octanol–water partition coefficient (Wildman–Crippen LogP) is -8.50. The van der Waals surface area contributed by atoms with Gasteiger partial charge in [0.05, 0.1) is 11.4 Å². The maximum atomic E-state index is 10.4. The zero-order valence-electron chi connectivity index (χ0n) is 20.9. The molecule has 0 atom stereocenters. The molecule has 0 heterocycles. The zero-order valence-corrected chi connectivity index (χ0v) is 27.2. The van der Waals surface area contributed by atoms with Crippen LogP contribution in [0.4, 0.5) is 11.4 Å². The smallest absolute Gasteiger partial charge is 0.550 e. The molecule has 0 aliphatic heterocycles. The average Bonchev–Trinajstić information content (AvgIpc) is 2.76. The Bertz CT molecular complexity index is 883. The molecular formula is C22H28K2N2O12. The van der Waals surface area contributed by atoms with Gasteiger partial charge >= 0.3 is 115 Å². The third kappa shape index (κ3) is 18.1. The van der Waals surface area contributed by atoms with Gasteiger partial charge in [-0.1, -0.05) is 24.3 Å². The van der Waals surface area contributed by atoms with E-state index < -0.39 is 23.9 Å². The van der Waals surface area contributed by atoms with Crippen LogP contribution in [0.1, 0.15) is 24.0 Å². The van der Waals surface area contributed by atoms with Gasteiger partial charge in [0.15, 0.2) is 0 Å². The molecule has 0 aliphatic rings. The van der Waals surface area contributed by atoms with Crippen molar-refractivity contribution in [2.75, 3.05) is 23.7 Å². The monoisotopic (exact) mass is 590 g/mol. The zero-order chi connectivity index (χ0) is 25.7. The Hall–Kier alpha value is -1.29. The summed E-state index contributed by atoms with van der Waals surface area (Å²) in [5.41, 5.74) is 1.40. The summed E-state index contributed by atoms with van der Waals surface area (Å²) in [4.78, 5) is 41.3. The topological polar surface area (TPSA) is 282 Å². The van der Waals surface area contributed by atoms with Gasteiger partial charge in [-0.25, -0.2) is 0 Å². The van der Waals surface area contributed by atoms with Gasteiger partial charge in [-0.2, -0.15) is 0 Å². The molecule has 0 aromatic heterocycles. The first kappa shape index (κ1) is 43.8. The van der Waals surface area contributed by atoms with E-state index in [1.165, 1.54) is 12.1 Å². The van der Waals surface area contributed by atoms with Crippen LogP contribution in [0.25, 0.3) is 0 Å². The Morgan fingerprint density at radius 2 is 0.974 bits per heavy atom. The first-order valence-corrected chi connectivity index (χ1v) is 9.94. The number of phenols is 2. The first-order valence-electron chi connectivity index (χ1n) is 9.94. The molecule has 38 heavy (non-hydrogen) atoms. The second kappa shape index (κ2) is 23.6. The number of hydrogen-bond acceptors (Lipinski definition) is 10. The van der Waals surface area contributed by atoms with Gasteiger partial charge in [-0.15, -0.1) is 0 Å². The quantitative estimate of drug-likeness (QED) is 0.0992. The first-order chi connectivity index (χ1) is 16.0. The summed E-state index contributed by atoms with van der Waals surface area (Å²) in [5, 5.41) is 62.1. The molecule has 14 nitrogen and oxygen atoms in total. The van der Waals surface area contributed by atoms with Gasteiger partial charge in [0.2, 0.25) is 0 Å². The summed E-state index contributed by atoms with van der Waals surface area (Å²) in [7, 11) is 0. The third-order valence-corrected chi connectivity index (χ3v) is 4.30. The number of rotatable bonds is 12. The van der Waals surface area contributed by atoms with E-state index in [9.17, 15) is 39.6 Å². The van der Waals surface area contributed by atoms with Crippen molar-refractivity contribution in [3.05, 3.63) is 47.5 Å². The van der Waals surface area contributed by atoms with Crippen molar-refractivity contribution >= 4 is 35.3 Å². The number of aromatic hydroxyl groups is 2. The summed E-state index contributed by atoms with van der Waals surface area (Å²) < 4.78 is 0. The van der Waals surface area contributed by atoms with Gasteiger partial charge in [0.1, 0.15) is 24.6 Å². The van der Waals surface area contributed by atoms with Crippen LogP contribution in [0.5, 0.6) is 11.5 Å². The van der Waals surface area contributed by atoms with Gasteiger partial charge in [0.25, 0.3) is 0 Å². The van der Waals surface area contributed by atoms with Crippen LogP contribution in [0.15, 0.2) is 36.4 Å². The van der Waals surface area contributed by atoms with E-state index in [1.54, 1.807) is 24.3 Å². The predicted molar refractivity (Wildman–Crippen MR) is 122 cm³/mol. The molecular weight excluding hydrogens is 562 g/mol. The number of para-hydroxylation sites is 2. The van der Waals surface area contributed by atoms with E-state index in [0.29, 0.717) is 11.1 Å². The van der Waals surface area contributed by atoms with Crippen LogP contribution in [0.2, 0.25) is 0 Å². The van der Waals surface area contributed by atoms with Gasteiger partial charge < -0.3 is 61.8 Å². The molecule has 0 amide bonds. The van der Waals surface area contributed by atoms with Crippen molar-refractivity contribution in [2.45, 2.75) is 25.7 Å². The number of aryl methyl sites for hydroxylation is 2. The molecule has 16 heteroatoms. The van der Waals surface area contributed by atoms with Crippen LogP contribution in [-0.2, 0) is 32.0 Å².